The molecule has 4 heteroatoms. The summed E-state index contributed by atoms with van der Waals surface area (Å²) >= 11 is 0. The SMILES string of the molecule is CCCCCCCCCCCCCCCCCC(=O)OC.OC[C@@H]1CO1. The topological polar surface area (TPSA) is 59.1 Å². The minimum absolute atomic E-state index is 0.0651. The summed E-state index contributed by atoms with van der Waals surface area (Å²) in [5.74, 6) is -0.0651. The van der Waals surface area contributed by atoms with Crippen molar-refractivity contribution in [2.24, 2.45) is 0 Å². The Morgan fingerprint density at radius 3 is 1.50 bits per heavy atom. The van der Waals surface area contributed by atoms with Gasteiger partial charge in [-0.1, -0.05) is 96.8 Å². The number of hydrogen-bond donors (Lipinski definition) is 1. The molecule has 0 spiro atoms. The number of hydrogen-bond acceptors (Lipinski definition) is 4. The third kappa shape index (κ3) is 21.4. The van der Waals surface area contributed by atoms with Crippen LogP contribution in [-0.2, 0) is 14.3 Å². The van der Waals surface area contributed by atoms with E-state index in [1.807, 2.05) is 0 Å². The molecular formula is C22H44O4. The molecule has 1 heterocycles. The molecule has 156 valence electrons. The van der Waals surface area contributed by atoms with Crippen molar-refractivity contribution in [2.45, 2.75) is 116 Å². The van der Waals surface area contributed by atoms with Crippen molar-refractivity contribution in [1.82, 2.24) is 0 Å². The van der Waals surface area contributed by atoms with Crippen molar-refractivity contribution in [3.05, 3.63) is 0 Å². The van der Waals surface area contributed by atoms with Gasteiger partial charge in [0.1, 0.15) is 6.10 Å². The Morgan fingerprint density at radius 2 is 1.23 bits per heavy atom. The summed E-state index contributed by atoms with van der Waals surface area (Å²) in [6, 6.07) is 0. The molecule has 1 saturated heterocycles. The molecule has 0 amide bonds. The second-order valence-corrected chi connectivity index (χ2v) is 7.41. The monoisotopic (exact) mass is 372 g/mol. The van der Waals surface area contributed by atoms with Crippen LogP contribution < -0.4 is 0 Å². The maximum absolute atomic E-state index is 10.9. The Labute approximate surface area is 162 Å². The number of methoxy groups -OCH3 is 1. The summed E-state index contributed by atoms with van der Waals surface area (Å²) in [5.41, 5.74) is 0. The number of carbonyl (C=O) groups excluding carboxylic acids is 1. The molecule has 0 aromatic rings. The molecule has 4 nitrogen and oxygen atoms in total. The number of unbranched alkanes of at least 4 members (excludes halogenated alkanes) is 14. The Kier molecular flexibility index (Phi) is 20.2. The molecule has 0 saturated carbocycles. The Bertz CT molecular complexity index is 290. The maximum Gasteiger partial charge on any atom is 0.305 e. The standard InChI is InChI=1S/C19H38O2.C3H6O2/c1-3-4-5-6-7-8-9-10-11-12-13-14-15-16-17-18-19(20)21-2;4-1-3-2-5-3/h3-18H2,1-2H3;3-4H,1-2H2/t;3-/m.1/s1. The van der Waals surface area contributed by atoms with Crippen LogP contribution in [0.2, 0.25) is 0 Å². The minimum Gasteiger partial charge on any atom is -0.469 e. The van der Waals surface area contributed by atoms with Gasteiger partial charge in [0.2, 0.25) is 0 Å². The van der Waals surface area contributed by atoms with Gasteiger partial charge in [0.25, 0.3) is 0 Å². The predicted molar refractivity (Wildman–Crippen MR) is 108 cm³/mol. The van der Waals surface area contributed by atoms with Crippen molar-refractivity contribution in [3.8, 4) is 0 Å². The fraction of sp³-hybridized carbons (Fsp3) is 0.955. The molecule has 26 heavy (non-hydrogen) atoms. The van der Waals surface area contributed by atoms with Gasteiger partial charge in [-0.3, -0.25) is 4.79 Å². The van der Waals surface area contributed by atoms with E-state index >= 15 is 0 Å². The fourth-order valence-electron chi connectivity index (χ4n) is 2.92. The van der Waals surface area contributed by atoms with Crippen LogP contribution in [0.3, 0.4) is 0 Å². The van der Waals surface area contributed by atoms with E-state index in [2.05, 4.69) is 16.4 Å². The smallest absolute Gasteiger partial charge is 0.305 e. The van der Waals surface area contributed by atoms with Gasteiger partial charge in [0.15, 0.2) is 0 Å². The predicted octanol–water partition coefficient (Wildman–Crippen LogP) is 5.80. The van der Waals surface area contributed by atoms with Crippen LogP contribution in [0.15, 0.2) is 0 Å². The molecule has 1 aliphatic heterocycles. The maximum atomic E-state index is 10.9. The van der Waals surface area contributed by atoms with E-state index in [0.29, 0.717) is 6.42 Å². The molecule has 0 unspecified atom stereocenters. The molecule has 1 rings (SSSR count). The summed E-state index contributed by atoms with van der Waals surface area (Å²) in [4.78, 5) is 10.9. The van der Waals surface area contributed by atoms with Gasteiger partial charge in [-0.25, -0.2) is 0 Å². The normalized spacial score (nSPS) is 15.3. The molecule has 1 aliphatic rings. The number of esters is 1. The molecule has 0 aliphatic carbocycles. The largest absolute Gasteiger partial charge is 0.469 e. The van der Waals surface area contributed by atoms with E-state index in [-0.39, 0.29) is 18.7 Å². The van der Waals surface area contributed by atoms with Crippen LogP contribution in [0.5, 0.6) is 0 Å². The highest BCUT2D eigenvalue weighted by Gasteiger charge is 2.19. The minimum atomic E-state index is -0.0651. The second kappa shape index (κ2) is 20.7. The van der Waals surface area contributed by atoms with E-state index in [4.69, 9.17) is 5.11 Å². The summed E-state index contributed by atoms with van der Waals surface area (Å²) in [6.45, 7) is 3.23. The molecule has 1 N–H and O–H groups in total. The van der Waals surface area contributed by atoms with E-state index in [0.717, 1.165) is 13.0 Å². The molecular weight excluding hydrogens is 328 g/mol. The number of aliphatic hydroxyl groups excluding tert-OH is 1. The first kappa shape index (κ1) is 25.4. The van der Waals surface area contributed by atoms with E-state index in [1.54, 1.807) is 0 Å². The number of aliphatic hydroxyl groups is 1. The van der Waals surface area contributed by atoms with Gasteiger partial charge < -0.3 is 14.6 Å². The zero-order valence-corrected chi connectivity index (χ0v) is 17.5. The van der Waals surface area contributed by atoms with Crippen LogP contribution in [0.25, 0.3) is 0 Å². The van der Waals surface area contributed by atoms with E-state index < -0.39 is 0 Å². The fourth-order valence-corrected chi connectivity index (χ4v) is 2.92. The van der Waals surface area contributed by atoms with Crippen LogP contribution in [-0.4, -0.2) is 37.5 Å². The van der Waals surface area contributed by atoms with Crippen molar-refractivity contribution in [1.29, 1.82) is 0 Å². The lowest BCUT2D eigenvalue weighted by Crippen LogP contribution is -1.99. The lowest BCUT2D eigenvalue weighted by atomic mass is 10.0. The lowest BCUT2D eigenvalue weighted by Gasteiger charge is -2.03. The van der Waals surface area contributed by atoms with Gasteiger partial charge >= 0.3 is 5.97 Å². The number of epoxide rings is 1. The van der Waals surface area contributed by atoms with Crippen molar-refractivity contribution >= 4 is 5.97 Å². The van der Waals surface area contributed by atoms with Crippen LogP contribution in [0, 0.1) is 0 Å². The number of ether oxygens (including phenoxy) is 2. The Morgan fingerprint density at radius 1 is 0.846 bits per heavy atom. The molecule has 0 radical (unpaired) electrons. The van der Waals surface area contributed by atoms with E-state index in [9.17, 15) is 4.79 Å². The zero-order chi connectivity index (χ0) is 19.3. The summed E-state index contributed by atoms with van der Waals surface area (Å²) in [7, 11) is 1.47. The Balaban J connectivity index is 0.00000106. The molecule has 0 aromatic heterocycles. The van der Waals surface area contributed by atoms with Gasteiger partial charge in [0, 0.05) is 6.42 Å². The Hall–Kier alpha value is -0.610. The first-order valence-electron chi connectivity index (χ1n) is 11.0. The quantitative estimate of drug-likeness (QED) is 0.199. The van der Waals surface area contributed by atoms with Crippen molar-refractivity contribution in [2.75, 3.05) is 20.3 Å². The second-order valence-electron chi connectivity index (χ2n) is 7.41. The van der Waals surface area contributed by atoms with Gasteiger partial charge in [-0.15, -0.1) is 0 Å². The van der Waals surface area contributed by atoms with Crippen LogP contribution in [0.1, 0.15) is 110 Å². The summed E-state index contributed by atoms with van der Waals surface area (Å²) in [6.07, 6.45) is 21.1. The average molecular weight is 373 g/mol. The van der Waals surface area contributed by atoms with Gasteiger partial charge in [0.05, 0.1) is 20.3 Å². The van der Waals surface area contributed by atoms with Crippen LogP contribution in [0.4, 0.5) is 0 Å². The molecule has 0 bridgehead atoms. The molecule has 1 atom stereocenters. The zero-order valence-electron chi connectivity index (χ0n) is 17.5. The highest BCUT2D eigenvalue weighted by molar-refractivity contribution is 5.68. The molecule has 1 fully saturated rings. The van der Waals surface area contributed by atoms with Crippen molar-refractivity contribution < 1.29 is 19.4 Å². The van der Waals surface area contributed by atoms with E-state index in [1.165, 1.54) is 97.0 Å². The van der Waals surface area contributed by atoms with Gasteiger partial charge in [-0.05, 0) is 6.42 Å². The highest BCUT2D eigenvalue weighted by atomic mass is 16.6. The van der Waals surface area contributed by atoms with Crippen LogP contribution >= 0.6 is 0 Å². The lowest BCUT2D eigenvalue weighted by molar-refractivity contribution is -0.140. The van der Waals surface area contributed by atoms with Gasteiger partial charge in [-0.2, -0.15) is 0 Å². The number of carbonyl (C=O) groups is 1. The summed E-state index contributed by atoms with van der Waals surface area (Å²) in [5, 5.41) is 8.08. The molecule has 0 aromatic carbocycles. The van der Waals surface area contributed by atoms with Crippen molar-refractivity contribution in [3.63, 3.8) is 0 Å². The summed E-state index contributed by atoms with van der Waals surface area (Å²) < 4.78 is 9.24. The number of rotatable bonds is 17. The first-order valence-corrected chi connectivity index (χ1v) is 11.0. The third-order valence-corrected chi connectivity index (χ3v) is 4.82. The third-order valence-electron chi connectivity index (χ3n) is 4.82. The first-order chi connectivity index (χ1) is 12.7. The average Bonchev–Trinajstić information content (AvgIpc) is 3.49. The highest BCUT2D eigenvalue weighted by Crippen LogP contribution is 2.13.